The first-order valence-electron chi connectivity index (χ1n) is 8.45. The number of anilines is 1. The Kier molecular flexibility index (Phi) is 4.65. The Balaban J connectivity index is 1.35. The SMILES string of the molecule is COc1cccc2sc(N3CC(C(=O)NCc4ccc(F)cc4F)C3)nc12. The van der Waals surface area contributed by atoms with Crippen LogP contribution < -0.4 is 15.0 Å². The van der Waals surface area contributed by atoms with Gasteiger partial charge in [-0.1, -0.05) is 23.5 Å². The Hall–Kier alpha value is -2.74. The Labute approximate surface area is 158 Å². The van der Waals surface area contributed by atoms with Crippen molar-refractivity contribution in [1.29, 1.82) is 0 Å². The summed E-state index contributed by atoms with van der Waals surface area (Å²) >= 11 is 1.56. The molecule has 0 aliphatic carbocycles. The molecule has 2 aromatic carbocycles. The summed E-state index contributed by atoms with van der Waals surface area (Å²) in [5.74, 6) is -0.888. The first-order valence-corrected chi connectivity index (χ1v) is 9.27. The third kappa shape index (κ3) is 3.44. The van der Waals surface area contributed by atoms with Crippen molar-refractivity contribution in [3.8, 4) is 5.75 Å². The van der Waals surface area contributed by atoms with Crippen LogP contribution in [0.3, 0.4) is 0 Å². The number of para-hydroxylation sites is 1. The number of methoxy groups -OCH3 is 1. The van der Waals surface area contributed by atoms with E-state index in [1.165, 1.54) is 12.1 Å². The van der Waals surface area contributed by atoms with Gasteiger partial charge in [0, 0.05) is 31.3 Å². The van der Waals surface area contributed by atoms with Gasteiger partial charge in [0.2, 0.25) is 5.91 Å². The molecule has 0 unspecified atom stereocenters. The fourth-order valence-electron chi connectivity index (χ4n) is 3.00. The molecule has 0 saturated carbocycles. The normalized spacial score (nSPS) is 14.3. The first-order chi connectivity index (χ1) is 13.0. The Bertz CT molecular complexity index is 1000. The maximum absolute atomic E-state index is 13.6. The van der Waals surface area contributed by atoms with Gasteiger partial charge >= 0.3 is 0 Å². The van der Waals surface area contributed by atoms with E-state index in [9.17, 15) is 13.6 Å². The maximum atomic E-state index is 13.6. The number of amides is 1. The molecule has 1 aromatic heterocycles. The lowest BCUT2D eigenvalue weighted by atomic mass is 10.00. The number of halogens is 2. The van der Waals surface area contributed by atoms with Crippen LogP contribution in [0.5, 0.6) is 5.75 Å². The topological polar surface area (TPSA) is 54.5 Å². The molecule has 1 amide bonds. The second-order valence-electron chi connectivity index (χ2n) is 6.36. The van der Waals surface area contributed by atoms with Crippen molar-refractivity contribution in [2.45, 2.75) is 6.54 Å². The third-order valence-corrected chi connectivity index (χ3v) is 5.66. The van der Waals surface area contributed by atoms with Crippen molar-refractivity contribution in [3.05, 3.63) is 53.6 Å². The van der Waals surface area contributed by atoms with Gasteiger partial charge in [-0.05, 0) is 18.2 Å². The monoisotopic (exact) mass is 389 g/mol. The molecule has 0 bridgehead atoms. The van der Waals surface area contributed by atoms with Crippen molar-refractivity contribution >= 4 is 32.6 Å². The van der Waals surface area contributed by atoms with E-state index in [1.807, 2.05) is 23.1 Å². The standard InChI is InChI=1S/C19H17F2N3O2S/c1-26-15-3-2-4-16-17(15)23-19(27-16)24-9-12(10-24)18(25)22-8-11-5-6-13(20)7-14(11)21/h2-7,12H,8-10H2,1H3,(H,22,25). The zero-order valence-electron chi connectivity index (χ0n) is 14.5. The predicted molar refractivity (Wildman–Crippen MR) is 100 cm³/mol. The zero-order valence-corrected chi connectivity index (χ0v) is 15.4. The molecule has 1 saturated heterocycles. The van der Waals surface area contributed by atoms with Gasteiger partial charge in [0.15, 0.2) is 5.13 Å². The number of nitrogens with one attached hydrogen (secondary N) is 1. The molecule has 2 heterocycles. The predicted octanol–water partition coefficient (Wildman–Crippen LogP) is 3.34. The number of carbonyl (C=O) groups excluding carboxylic acids is 1. The van der Waals surface area contributed by atoms with Gasteiger partial charge in [-0.25, -0.2) is 13.8 Å². The number of rotatable bonds is 5. The average molecular weight is 389 g/mol. The molecule has 4 rings (SSSR count). The van der Waals surface area contributed by atoms with Crippen molar-refractivity contribution in [3.63, 3.8) is 0 Å². The molecule has 0 radical (unpaired) electrons. The largest absolute Gasteiger partial charge is 0.494 e. The number of hydrogen-bond donors (Lipinski definition) is 1. The van der Waals surface area contributed by atoms with Gasteiger partial charge in [0.05, 0.1) is 17.7 Å². The van der Waals surface area contributed by atoms with E-state index in [0.29, 0.717) is 13.1 Å². The highest BCUT2D eigenvalue weighted by molar-refractivity contribution is 7.22. The quantitative estimate of drug-likeness (QED) is 0.727. The molecular weight excluding hydrogens is 372 g/mol. The van der Waals surface area contributed by atoms with E-state index in [2.05, 4.69) is 10.3 Å². The zero-order chi connectivity index (χ0) is 19.0. The fraction of sp³-hybridized carbons (Fsp3) is 0.263. The van der Waals surface area contributed by atoms with Gasteiger partial charge in [0.1, 0.15) is 22.9 Å². The number of fused-ring (bicyclic) bond motifs is 1. The van der Waals surface area contributed by atoms with E-state index < -0.39 is 11.6 Å². The Morgan fingerprint density at radius 2 is 2.15 bits per heavy atom. The summed E-state index contributed by atoms with van der Waals surface area (Å²) in [7, 11) is 1.61. The number of aromatic nitrogens is 1. The van der Waals surface area contributed by atoms with Gasteiger partial charge in [-0.15, -0.1) is 0 Å². The minimum atomic E-state index is -0.658. The Morgan fingerprint density at radius 3 is 2.89 bits per heavy atom. The van der Waals surface area contributed by atoms with Crippen LogP contribution in [0.15, 0.2) is 36.4 Å². The summed E-state index contributed by atoms with van der Waals surface area (Å²) in [6.07, 6.45) is 0. The van der Waals surface area contributed by atoms with Gasteiger partial charge in [-0.2, -0.15) is 0 Å². The van der Waals surface area contributed by atoms with E-state index in [1.54, 1.807) is 18.4 Å². The Morgan fingerprint density at radius 1 is 1.33 bits per heavy atom. The van der Waals surface area contributed by atoms with Crippen molar-refractivity contribution in [2.75, 3.05) is 25.1 Å². The minimum Gasteiger partial charge on any atom is -0.494 e. The number of nitrogens with zero attached hydrogens (tertiary/aromatic N) is 2. The fourth-order valence-corrected chi connectivity index (χ4v) is 4.01. The molecule has 1 aliphatic heterocycles. The molecule has 1 aliphatic rings. The lowest BCUT2D eigenvalue weighted by Gasteiger charge is -2.37. The number of benzene rings is 2. The summed E-state index contributed by atoms with van der Waals surface area (Å²) < 4.78 is 32.9. The summed E-state index contributed by atoms with van der Waals surface area (Å²) in [6.45, 7) is 1.15. The van der Waals surface area contributed by atoms with Crippen LogP contribution in [-0.4, -0.2) is 31.1 Å². The average Bonchev–Trinajstić information content (AvgIpc) is 3.03. The van der Waals surface area contributed by atoms with Crippen LogP contribution in [0, 0.1) is 17.6 Å². The smallest absolute Gasteiger partial charge is 0.226 e. The van der Waals surface area contributed by atoms with E-state index in [0.717, 1.165) is 27.2 Å². The van der Waals surface area contributed by atoms with E-state index >= 15 is 0 Å². The summed E-state index contributed by atoms with van der Waals surface area (Å²) in [6, 6.07) is 9.11. The van der Waals surface area contributed by atoms with Crippen LogP contribution in [-0.2, 0) is 11.3 Å². The minimum absolute atomic E-state index is 0.0415. The van der Waals surface area contributed by atoms with Crippen LogP contribution in [0.2, 0.25) is 0 Å². The molecular formula is C19H17F2N3O2S. The molecule has 3 aromatic rings. The molecule has 0 spiro atoms. The lowest BCUT2D eigenvalue weighted by Crippen LogP contribution is -2.53. The molecule has 27 heavy (non-hydrogen) atoms. The number of thiazole rings is 1. The van der Waals surface area contributed by atoms with Crippen LogP contribution in [0.25, 0.3) is 10.2 Å². The molecule has 5 nitrogen and oxygen atoms in total. The summed E-state index contributed by atoms with van der Waals surface area (Å²) in [4.78, 5) is 18.9. The van der Waals surface area contributed by atoms with Crippen molar-refractivity contribution in [2.24, 2.45) is 5.92 Å². The maximum Gasteiger partial charge on any atom is 0.226 e. The number of ether oxygens (including phenoxy) is 1. The second-order valence-corrected chi connectivity index (χ2v) is 7.37. The van der Waals surface area contributed by atoms with Crippen LogP contribution >= 0.6 is 11.3 Å². The summed E-state index contributed by atoms with van der Waals surface area (Å²) in [5.41, 5.74) is 1.08. The van der Waals surface area contributed by atoms with Crippen LogP contribution in [0.4, 0.5) is 13.9 Å². The second kappa shape index (κ2) is 7.11. The molecule has 0 atom stereocenters. The summed E-state index contributed by atoms with van der Waals surface area (Å²) in [5, 5.41) is 3.56. The highest BCUT2D eigenvalue weighted by Gasteiger charge is 2.34. The van der Waals surface area contributed by atoms with Gasteiger partial charge in [0.25, 0.3) is 0 Å². The lowest BCUT2D eigenvalue weighted by molar-refractivity contribution is -0.125. The number of carbonyl (C=O) groups is 1. The van der Waals surface area contributed by atoms with E-state index in [-0.39, 0.29) is 23.9 Å². The highest BCUT2D eigenvalue weighted by atomic mass is 32.1. The molecule has 1 N–H and O–H groups in total. The molecule has 8 heteroatoms. The van der Waals surface area contributed by atoms with E-state index in [4.69, 9.17) is 4.74 Å². The van der Waals surface area contributed by atoms with Crippen LogP contribution in [0.1, 0.15) is 5.56 Å². The van der Waals surface area contributed by atoms with Crippen molar-refractivity contribution < 1.29 is 18.3 Å². The van der Waals surface area contributed by atoms with Crippen molar-refractivity contribution in [1.82, 2.24) is 10.3 Å². The number of hydrogen-bond acceptors (Lipinski definition) is 5. The molecule has 140 valence electrons. The first kappa shape index (κ1) is 17.7. The molecule has 1 fully saturated rings. The van der Waals surface area contributed by atoms with Gasteiger partial charge < -0.3 is 15.0 Å². The van der Waals surface area contributed by atoms with Gasteiger partial charge in [-0.3, -0.25) is 4.79 Å². The third-order valence-electron chi connectivity index (χ3n) is 4.58. The highest BCUT2D eigenvalue weighted by Crippen LogP contribution is 2.36.